The molecular weight excluding hydrogens is 264 g/mol. The molecular formula is C7H6N6O4S. The van der Waals surface area contributed by atoms with Crippen LogP contribution in [-0.2, 0) is 10.0 Å². The Morgan fingerprint density at radius 2 is 2.06 bits per heavy atom. The Hall–Kier alpha value is -2.65. The van der Waals surface area contributed by atoms with Crippen LogP contribution >= 0.6 is 0 Å². The second kappa shape index (κ2) is 5.12. The van der Waals surface area contributed by atoms with E-state index in [0.717, 1.165) is 12.1 Å². The van der Waals surface area contributed by atoms with Crippen LogP contribution in [0.5, 0.6) is 0 Å². The highest BCUT2D eigenvalue weighted by molar-refractivity contribution is 7.90. The third-order valence-electron chi connectivity index (χ3n) is 1.70. The van der Waals surface area contributed by atoms with Crippen LogP contribution in [-0.4, -0.2) is 19.3 Å². The largest absolute Gasteiger partial charge is 0.381 e. The van der Waals surface area contributed by atoms with Crippen molar-refractivity contribution in [3.63, 3.8) is 0 Å². The third-order valence-corrected chi connectivity index (χ3v) is 3.03. The molecule has 0 atom stereocenters. The zero-order valence-corrected chi connectivity index (χ0v) is 9.48. The molecule has 0 saturated heterocycles. The van der Waals surface area contributed by atoms with Gasteiger partial charge in [-0.15, -0.1) is 4.40 Å². The molecule has 0 amide bonds. The van der Waals surface area contributed by atoms with Crippen molar-refractivity contribution < 1.29 is 13.3 Å². The molecule has 0 saturated carbocycles. The molecule has 2 N–H and O–H groups in total. The number of nitrogens with two attached hydrogens (primary N) is 1. The molecule has 18 heavy (non-hydrogen) atoms. The first-order chi connectivity index (χ1) is 8.38. The van der Waals surface area contributed by atoms with Gasteiger partial charge in [-0.25, -0.2) is 0 Å². The highest BCUT2D eigenvalue weighted by atomic mass is 32.2. The summed E-state index contributed by atoms with van der Waals surface area (Å²) in [6.07, 6.45) is 0. The van der Waals surface area contributed by atoms with Gasteiger partial charge in [-0.1, -0.05) is 12.1 Å². The van der Waals surface area contributed by atoms with Crippen LogP contribution in [0.3, 0.4) is 0 Å². The maximum absolute atomic E-state index is 11.7. The van der Waals surface area contributed by atoms with Gasteiger partial charge < -0.3 is 5.73 Å². The van der Waals surface area contributed by atoms with Crippen molar-refractivity contribution in [2.75, 3.05) is 0 Å². The molecule has 0 aromatic heterocycles. The molecule has 0 heterocycles. The molecule has 0 aliphatic carbocycles. The second-order valence-corrected chi connectivity index (χ2v) is 4.41. The average Bonchev–Trinajstić information content (AvgIpc) is 2.28. The van der Waals surface area contributed by atoms with Crippen LogP contribution in [0.25, 0.3) is 10.4 Å². The Labute approximate surface area is 101 Å². The highest BCUT2D eigenvalue weighted by Gasteiger charge is 2.24. The average molecular weight is 270 g/mol. The van der Waals surface area contributed by atoms with E-state index in [4.69, 9.17) is 11.3 Å². The molecule has 0 unspecified atom stereocenters. The predicted molar refractivity (Wildman–Crippen MR) is 61.1 cm³/mol. The van der Waals surface area contributed by atoms with Crippen molar-refractivity contribution in [2.24, 2.45) is 15.2 Å². The second-order valence-electron chi connectivity index (χ2n) is 2.84. The molecule has 10 nitrogen and oxygen atoms in total. The lowest BCUT2D eigenvalue weighted by Gasteiger charge is -2.00. The topological polar surface area (TPSA) is 164 Å². The number of hydrogen-bond donors (Lipinski definition) is 1. The zero-order valence-electron chi connectivity index (χ0n) is 8.66. The van der Waals surface area contributed by atoms with Gasteiger partial charge in [-0.3, -0.25) is 10.1 Å². The Balaban J connectivity index is 3.43. The van der Waals surface area contributed by atoms with Crippen LogP contribution in [0.15, 0.2) is 38.7 Å². The SMILES string of the molecule is [N-]=[N+]=N/C(N)=N/S(=O)(=O)c1ccccc1[N+](=O)[O-]. The number of nitrogens with zero attached hydrogens (tertiary/aromatic N) is 5. The number of para-hydroxylation sites is 1. The zero-order chi connectivity index (χ0) is 13.8. The fourth-order valence-electron chi connectivity index (χ4n) is 1.06. The standard InChI is InChI=1S/C7H6N6O4S/c8-7(10-12-9)11-18(16,17)6-4-2-1-3-5(6)13(14)15/h1-4H,(H2,8,11). The molecule has 1 aromatic rings. The molecule has 0 spiro atoms. The molecule has 0 radical (unpaired) electrons. The van der Waals surface area contributed by atoms with Gasteiger partial charge in [0.25, 0.3) is 15.7 Å². The predicted octanol–water partition coefficient (Wildman–Crippen LogP) is 0.909. The van der Waals surface area contributed by atoms with E-state index in [9.17, 15) is 18.5 Å². The molecule has 0 bridgehead atoms. The van der Waals surface area contributed by atoms with Crippen molar-refractivity contribution in [1.82, 2.24) is 0 Å². The van der Waals surface area contributed by atoms with E-state index in [1.807, 2.05) is 0 Å². The number of hydrogen-bond acceptors (Lipinski definition) is 4. The molecule has 1 aromatic carbocycles. The van der Waals surface area contributed by atoms with Crippen LogP contribution < -0.4 is 5.73 Å². The minimum absolute atomic E-state index is 0.633. The normalized spacial score (nSPS) is 11.7. The smallest absolute Gasteiger partial charge is 0.290 e. The lowest BCUT2D eigenvalue weighted by molar-refractivity contribution is -0.387. The van der Waals surface area contributed by atoms with Crippen LogP contribution in [0.4, 0.5) is 5.69 Å². The number of nitro groups is 1. The van der Waals surface area contributed by atoms with E-state index in [1.165, 1.54) is 12.1 Å². The minimum Gasteiger partial charge on any atom is -0.381 e. The van der Waals surface area contributed by atoms with Gasteiger partial charge in [0.05, 0.1) is 4.92 Å². The Morgan fingerprint density at radius 3 is 2.61 bits per heavy atom. The van der Waals surface area contributed by atoms with Crippen LogP contribution in [0.2, 0.25) is 0 Å². The monoisotopic (exact) mass is 270 g/mol. The Kier molecular flexibility index (Phi) is 3.82. The number of benzene rings is 1. The van der Waals surface area contributed by atoms with Crippen molar-refractivity contribution in [1.29, 1.82) is 0 Å². The Morgan fingerprint density at radius 1 is 1.44 bits per heavy atom. The number of guanidine groups is 1. The summed E-state index contributed by atoms with van der Waals surface area (Å²) in [5.74, 6) is -0.851. The summed E-state index contributed by atoms with van der Waals surface area (Å²) in [5, 5.41) is 13.4. The van der Waals surface area contributed by atoms with E-state index >= 15 is 0 Å². The van der Waals surface area contributed by atoms with Gasteiger partial charge in [0, 0.05) is 11.0 Å². The molecule has 0 aliphatic rings. The summed E-state index contributed by atoms with van der Waals surface area (Å²) >= 11 is 0. The van der Waals surface area contributed by atoms with Crippen molar-refractivity contribution >= 4 is 21.7 Å². The Bertz CT molecular complexity index is 660. The molecule has 0 aliphatic heterocycles. The number of sulfonamides is 1. The van der Waals surface area contributed by atoms with Crippen molar-refractivity contribution in [3.05, 3.63) is 44.8 Å². The molecule has 11 heteroatoms. The van der Waals surface area contributed by atoms with E-state index in [0.29, 0.717) is 0 Å². The van der Waals surface area contributed by atoms with E-state index in [-0.39, 0.29) is 0 Å². The van der Waals surface area contributed by atoms with Gasteiger partial charge >= 0.3 is 0 Å². The van der Waals surface area contributed by atoms with Gasteiger partial charge in [-0.05, 0) is 16.7 Å². The van der Waals surface area contributed by atoms with Gasteiger partial charge in [-0.2, -0.15) is 8.42 Å². The summed E-state index contributed by atoms with van der Waals surface area (Å²) < 4.78 is 26.3. The van der Waals surface area contributed by atoms with Crippen molar-refractivity contribution in [3.8, 4) is 0 Å². The molecule has 1 rings (SSSR count). The fraction of sp³-hybridized carbons (Fsp3) is 0. The van der Waals surface area contributed by atoms with Crippen LogP contribution in [0.1, 0.15) is 0 Å². The highest BCUT2D eigenvalue weighted by Crippen LogP contribution is 2.24. The van der Waals surface area contributed by atoms with E-state index in [1.54, 1.807) is 0 Å². The molecule has 0 fully saturated rings. The summed E-state index contributed by atoms with van der Waals surface area (Å²) in [7, 11) is -4.40. The lowest BCUT2D eigenvalue weighted by atomic mass is 10.3. The third kappa shape index (κ3) is 2.93. The summed E-state index contributed by atoms with van der Waals surface area (Å²) in [4.78, 5) is 11.4. The van der Waals surface area contributed by atoms with Crippen LogP contribution in [0, 0.1) is 10.1 Å². The lowest BCUT2D eigenvalue weighted by Crippen LogP contribution is -2.12. The fourth-order valence-corrected chi connectivity index (χ4v) is 2.10. The first-order valence-corrected chi connectivity index (χ1v) is 5.71. The number of azide groups is 1. The van der Waals surface area contributed by atoms with Gasteiger partial charge in [0.15, 0.2) is 4.90 Å². The van der Waals surface area contributed by atoms with Gasteiger partial charge in [0.2, 0.25) is 5.96 Å². The maximum Gasteiger partial charge on any atom is 0.290 e. The minimum atomic E-state index is -4.40. The van der Waals surface area contributed by atoms with Crippen molar-refractivity contribution in [2.45, 2.75) is 4.90 Å². The number of nitro benzene ring substituents is 1. The maximum atomic E-state index is 11.7. The summed E-state index contributed by atoms with van der Waals surface area (Å²) in [6.45, 7) is 0. The van der Waals surface area contributed by atoms with E-state index < -0.39 is 31.5 Å². The van der Waals surface area contributed by atoms with Gasteiger partial charge in [0.1, 0.15) is 0 Å². The van der Waals surface area contributed by atoms with E-state index in [2.05, 4.69) is 14.4 Å². The summed E-state index contributed by atoms with van der Waals surface area (Å²) in [5.41, 5.74) is 12.4. The number of rotatable bonds is 3. The summed E-state index contributed by atoms with van der Waals surface area (Å²) in [6, 6.07) is 4.60. The first kappa shape index (κ1) is 13.4. The first-order valence-electron chi connectivity index (χ1n) is 4.27. The quantitative estimate of drug-likeness (QED) is 0.164. The molecule has 94 valence electrons.